The van der Waals surface area contributed by atoms with Gasteiger partial charge in [-0.1, -0.05) is 55.9 Å². The first-order valence-corrected chi connectivity index (χ1v) is 8.15. The van der Waals surface area contributed by atoms with Gasteiger partial charge in [-0.25, -0.2) is 9.97 Å². The van der Waals surface area contributed by atoms with E-state index in [0.717, 1.165) is 22.1 Å². The lowest BCUT2D eigenvalue weighted by Gasteiger charge is -2.26. The lowest BCUT2D eigenvalue weighted by atomic mass is 9.97. The molecule has 0 bridgehead atoms. The normalized spacial score (nSPS) is 14.2. The highest BCUT2D eigenvalue weighted by Gasteiger charge is 2.25. The summed E-state index contributed by atoms with van der Waals surface area (Å²) in [5.41, 5.74) is 9.65. The molecule has 1 aromatic carbocycles. The fourth-order valence-electron chi connectivity index (χ4n) is 2.36. The first-order chi connectivity index (χ1) is 9.97. The summed E-state index contributed by atoms with van der Waals surface area (Å²) in [6.45, 7) is 8.40. The van der Waals surface area contributed by atoms with Crippen LogP contribution in [0.4, 0.5) is 0 Å². The van der Waals surface area contributed by atoms with Crippen LogP contribution in [-0.4, -0.2) is 15.2 Å². The van der Waals surface area contributed by atoms with Crippen LogP contribution in [0.1, 0.15) is 36.8 Å². The Labute approximate surface area is 131 Å². The van der Waals surface area contributed by atoms with Gasteiger partial charge in [0.25, 0.3) is 0 Å². The molecule has 4 heteroatoms. The molecule has 2 rings (SSSR count). The van der Waals surface area contributed by atoms with Gasteiger partial charge in [-0.05, 0) is 31.4 Å². The Bertz CT molecular complexity index is 564. The summed E-state index contributed by atoms with van der Waals surface area (Å²) in [5, 5.41) is 1.06. The second-order valence-electron chi connectivity index (χ2n) is 5.70. The smallest absolute Gasteiger partial charge is 0.188 e. The van der Waals surface area contributed by atoms with E-state index in [4.69, 9.17) is 5.73 Å². The summed E-state index contributed by atoms with van der Waals surface area (Å²) < 4.78 is 0. The number of rotatable bonds is 5. The molecule has 0 fully saturated rings. The molecule has 3 nitrogen and oxygen atoms in total. The third-order valence-corrected chi connectivity index (χ3v) is 4.90. The minimum Gasteiger partial charge on any atom is -0.323 e. The summed E-state index contributed by atoms with van der Waals surface area (Å²) in [5.74, 6) is 0.439. The van der Waals surface area contributed by atoms with E-state index in [-0.39, 0.29) is 11.3 Å². The van der Waals surface area contributed by atoms with E-state index < -0.39 is 0 Å². The summed E-state index contributed by atoms with van der Waals surface area (Å²) in [4.78, 5) is 9.06. The molecule has 2 N–H and O–H groups in total. The Morgan fingerprint density at radius 2 is 1.57 bits per heavy atom. The molecule has 112 valence electrons. The van der Waals surface area contributed by atoms with Crippen molar-refractivity contribution in [1.29, 1.82) is 0 Å². The predicted molar refractivity (Wildman–Crippen MR) is 89.4 cm³/mol. The van der Waals surface area contributed by atoms with Gasteiger partial charge in [-0.15, -0.1) is 0 Å². The van der Waals surface area contributed by atoms with Crippen molar-refractivity contribution in [3.05, 3.63) is 53.3 Å². The lowest BCUT2D eigenvalue weighted by Crippen LogP contribution is -2.28. The van der Waals surface area contributed by atoms with Crippen LogP contribution in [0.15, 0.2) is 41.6 Å². The number of nitrogens with two attached hydrogens (primary N) is 1. The van der Waals surface area contributed by atoms with Gasteiger partial charge < -0.3 is 5.73 Å². The SMILES string of the molecule is Cc1cc(C)nc(SC(C(C)C)C(N)c2ccccc2)n1. The van der Waals surface area contributed by atoms with Crippen LogP contribution in [0.5, 0.6) is 0 Å². The second-order valence-corrected chi connectivity index (χ2v) is 6.84. The van der Waals surface area contributed by atoms with E-state index in [1.54, 1.807) is 11.8 Å². The van der Waals surface area contributed by atoms with Crippen LogP contribution in [-0.2, 0) is 0 Å². The number of aromatic nitrogens is 2. The van der Waals surface area contributed by atoms with Crippen molar-refractivity contribution in [1.82, 2.24) is 9.97 Å². The molecule has 0 spiro atoms. The molecule has 2 unspecified atom stereocenters. The van der Waals surface area contributed by atoms with Crippen LogP contribution < -0.4 is 5.73 Å². The van der Waals surface area contributed by atoms with E-state index in [0.29, 0.717) is 5.92 Å². The quantitative estimate of drug-likeness (QED) is 0.672. The fourth-order valence-corrected chi connectivity index (χ4v) is 3.57. The van der Waals surface area contributed by atoms with Gasteiger partial charge in [0, 0.05) is 22.7 Å². The minimum atomic E-state index is -0.0272. The third-order valence-electron chi connectivity index (χ3n) is 3.40. The van der Waals surface area contributed by atoms with E-state index >= 15 is 0 Å². The Kier molecular flexibility index (Phi) is 5.37. The fraction of sp³-hybridized carbons (Fsp3) is 0.412. The summed E-state index contributed by atoms with van der Waals surface area (Å²) in [6.07, 6.45) is 0. The average Bonchev–Trinajstić information content (AvgIpc) is 2.43. The highest BCUT2D eigenvalue weighted by molar-refractivity contribution is 7.99. The van der Waals surface area contributed by atoms with E-state index in [9.17, 15) is 0 Å². The standard InChI is InChI=1S/C17H23N3S/c1-11(2)16(15(18)14-8-6-5-7-9-14)21-17-19-12(3)10-13(4)20-17/h5-11,15-16H,18H2,1-4H3. The summed E-state index contributed by atoms with van der Waals surface area (Å²) in [6, 6.07) is 12.2. The van der Waals surface area contributed by atoms with E-state index in [2.05, 4.69) is 35.9 Å². The average molecular weight is 301 g/mol. The maximum atomic E-state index is 6.49. The van der Waals surface area contributed by atoms with Crippen LogP contribution >= 0.6 is 11.8 Å². The zero-order chi connectivity index (χ0) is 15.4. The van der Waals surface area contributed by atoms with Gasteiger partial charge >= 0.3 is 0 Å². The molecule has 2 aromatic rings. The molecule has 2 atom stereocenters. The van der Waals surface area contributed by atoms with E-state index in [1.807, 2.05) is 38.1 Å². The van der Waals surface area contributed by atoms with Gasteiger partial charge in [-0.3, -0.25) is 0 Å². The molecule has 0 saturated carbocycles. The molecule has 0 saturated heterocycles. The molecule has 1 heterocycles. The van der Waals surface area contributed by atoms with Gasteiger partial charge in [0.05, 0.1) is 0 Å². The molecular formula is C17H23N3S. The largest absolute Gasteiger partial charge is 0.323 e. The van der Waals surface area contributed by atoms with Crippen molar-refractivity contribution in [2.75, 3.05) is 0 Å². The molecule has 0 radical (unpaired) electrons. The molecule has 0 aliphatic carbocycles. The summed E-state index contributed by atoms with van der Waals surface area (Å²) in [7, 11) is 0. The number of thioether (sulfide) groups is 1. The number of aryl methyl sites for hydroxylation is 2. The molecule has 1 aromatic heterocycles. The first kappa shape index (κ1) is 16.0. The molecule has 0 amide bonds. The van der Waals surface area contributed by atoms with Crippen LogP contribution in [0, 0.1) is 19.8 Å². The maximum Gasteiger partial charge on any atom is 0.188 e. The Hall–Kier alpha value is -1.39. The Morgan fingerprint density at radius 3 is 2.10 bits per heavy atom. The number of benzene rings is 1. The van der Waals surface area contributed by atoms with Gasteiger partial charge in [0.15, 0.2) is 5.16 Å². The Balaban J connectivity index is 2.23. The molecule has 0 aliphatic rings. The third kappa shape index (κ3) is 4.29. The number of hydrogen-bond acceptors (Lipinski definition) is 4. The van der Waals surface area contributed by atoms with Crippen LogP contribution in [0.2, 0.25) is 0 Å². The monoisotopic (exact) mass is 301 g/mol. The Morgan fingerprint density at radius 1 is 1.00 bits per heavy atom. The van der Waals surface area contributed by atoms with Gasteiger partial charge in [-0.2, -0.15) is 0 Å². The van der Waals surface area contributed by atoms with E-state index in [1.165, 1.54) is 0 Å². The molecule has 0 aliphatic heterocycles. The molecule has 21 heavy (non-hydrogen) atoms. The van der Waals surface area contributed by atoms with Gasteiger partial charge in [0.1, 0.15) is 0 Å². The predicted octanol–water partition coefficient (Wildman–Crippen LogP) is 3.91. The van der Waals surface area contributed by atoms with Crippen LogP contribution in [0.3, 0.4) is 0 Å². The summed E-state index contributed by atoms with van der Waals surface area (Å²) >= 11 is 1.68. The van der Waals surface area contributed by atoms with Crippen molar-refractivity contribution < 1.29 is 0 Å². The number of nitrogens with zero attached hydrogens (tertiary/aromatic N) is 2. The maximum absolute atomic E-state index is 6.49. The van der Waals surface area contributed by atoms with Crippen molar-refractivity contribution >= 4 is 11.8 Å². The topological polar surface area (TPSA) is 51.8 Å². The second kappa shape index (κ2) is 7.05. The molecular weight excluding hydrogens is 278 g/mol. The van der Waals surface area contributed by atoms with Gasteiger partial charge in [0.2, 0.25) is 0 Å². The minimum absolute atomic E-state index is 0.0272. The van der Waals surface area contributed by atoms with Crippen molar-refractivity contribution in [3.63, 3.8) is 0 Å². The van der Waals surface area contributed by atoms with Crippen molar-refractivity contribution in [2.24, 2.45) is 11.7 Å². The van der Waals surface area contributed by atoms with Crippen LogP contribution in [0.25, 0.3) is 0 Å². The highest BCUT2D eigenvalue weighted by atomic mass is 32.2. The van der Waals surface area contributed by atoms with Crippen molar-refractivity contribution in [2.45, 2.75) is 44.1 Å². The zero-order valence-electron chi connectivity index (χ0n) is 13.1. The lowest BCUT2D eigenvalue weighted by molar-refractivity contribution is 0.526. The highest BCUT2D eigenvalue weighted by Crippen LogP contribution is 2.34. The first-order valence-electron chi connectivity index (χ1n) is 7.27. The number of hydrogen-bond donors (Lipinski definition) is 1. The van der Waals surface area contributed by atoms with Crippen molar-refractivity contribution in [3.8, 4) is 0 Å². The zero-order valence-corrected chi connectivity index (χ0v) is 13.9.